The van der Waals surface area contributed by atoms with Crippen LogP contribution in [0.2, 0.25) is 0 Å². The number of nitrogens with zero attached hydrogens (tertiary/aromatic N) is 4. The van der Waals surface area contributed by atoms with Crippen molar-refractivity contribution in [3.8, 4) is 5.69 Å². The second kappa shape index (κ2) is 14.1. The van der Waals surface area contributed by atoms with Crippen molar-refractivity contribution in [1.29, 1.82) is 0 Å². The number of benzene rings is 5. The summed E-state index contributed by atoms with van der Waals surface area (Å²) in [5.41, 5.74) is 7.49. The van der Waals surface area contributed by atoms with E-state index in [1.54, 1.807) is 36.9 Å². The lowest BCUT2D eigenvalue weighted by Crippen LogP contribution is -2.02. The minimum absolute atomic E-state index is 0.0926. The van der Waals surface area contributed by atoms with Gasteiger partial charge in [0.2, 0.25) is 0 Å². The van der Waals surface area contributed by atoms with Gasteiger partial charge in [0.05, 0.1) is 32.7 Å². The molecular weight excluding hydrogens is 681 g/mol. The molecule has 2 aromatic heterocycles. The molecule has 0 amide bonds. The van der Waals surface area contributed by atoms with Gasteiger partial charge < -0.3 is 14.2 Å². The smallest absolute Gasteiger partial charge is 0.318 e. The fourth-order valence-electron chi connectivity index (χ4n) is 5.73. The molecule has 5 aromatic carbocycles. The van der Waals surface area contributed by atoms with E-state index >= 15 is 0 Å². The van der Waals surface area contributed by atoms with Gasteiger partial charge in [0.15, 0.2) is 10.1 Å². The normalized spacial score (nSPS) is 12.1. The molecule has 11 heteroatoms. The first-order valence-corrected chi connectivity index (χ1v) is 17.6. The number of fused-ring (bicyclic) bond motifs is 4. The van der Waals surface area contributed by atoms with Gasteiger partial charge in [-0.15, -0.1) is 11.3 Å². The molecule has 7 aromatic rings. The summed E-state index contributed by atoms with van der Waals surface area (Å²) in [7, 11) is 0. The lowest BCUT2D eigenvalue weighted by molar-refractivity contribution is -0.141. The van der Waals surface area contributed by atoms with Crippen LogP contribution in [-0.2, 0) is 19.3 Å². The summed E-state index contributed by atoms with van der Waals surface area (Å²) in [5.74, 6) is -1.08. The first-order chi connectivity index (χ1) is 24.6. The van der Waals surface area contributed by atoms with Crippen LogP contribution in [0.4, 0.5) is 0 Å². The number of carbonyl (C=O) groups excluding carboxylic acids is 3. The van der Waals surface area contributed by atoms with E-state index in [4.69, 9.17) is 14.7 Å². The Bertz CT molecular complexity index is 2520. The van der Waals surface area contributed by atoms with Crippen LogP contribution in [0.3, 0.4) is 0 Å². The quantitative estimate of drug-likeness (QED) is 0.0635. The average Bonchev–Trinajstić information content (AvgIpc) is 3.70. The number of hydrogen-bond acceptors (Lipinski definition) is 10. The zero-order valence-corrected chi connectivity index (χ0v) is 29.7. The SMILES string of the molecule is CC(=O)O/N=C(\C)c1ccc(-n2c3ccc(C(=O)c4ccc(Sc5nc6ccccc6s5)cc4)cc3c3cc(/C(C)=N/OC(C)=O)ccc32)cc1. The fraction of sp³-hybridized carbons (Fsp3) is 0.100. The molecule has 0 spiro atoms. The monoisotopic (exact) mass is 710 g/mol. The highest BCUT2D eigenvalue weighted by atomic mass is 32.2. The first-order valence-electron chi connectivity index (χ1n) is 16.0. The van der Waals surface area contributed by atoms with E-state index in [9.17, 15) is 14.4 Å². The second-order valence-corrected chi connectivity index (χ2v) is 14.1. The highest BCUT2D eigenvalue weighted by molar-refractivity contribution is 8.01. The number of thiazole rings is 1. The molecule has 51 heavy (non-hydrogen) atoms. The predicted molar refractivity (Wildman–Crippen MR) is 202 cm³/mol. The third-order valence-corrected chi connectivity index (χ3v) is 10.3. The van der Waals surface area contributed by atoms with Gasteiger partial charge in [0.25, 0.3) is 0 Å². The fourth-order valence-corrected chi connectivity index (χ4v) is 7.77. The molecule has 0 bridgehead atoms. The lowest BCUT2D eigenvalue weighted by Gasteiger charge is -2.10. The van der Waals surface area contributed by atoms with Gasteiger partial charge in [-0.25, -0.2) is 14.6 Å². The van der Waals surface area contributed by atoms with Crippen molar-refractivity contribution in [2.24, 2.45) is 10.3 Å². The Hall–Kier alpha value is -5.91. The van der Waals surface area contributed by atoms with Crippen LogP contribution in [0.15, 0.2) is 129 Å². The molecule has 0 aliphatic rings. The van der Waals surface area contributed by atoms with Crippen LogP contribution in [0.5, 0.6) is 0 Å². The largest absolute Gasteiger partial charge is 0.331 e. The Labute approximate surface area is 301 Å². The summed E-state index contributed by atoms with van der Waals surface area (Å²) >= 11 is 3.22. The molecule has 0 atom stereocenters. The molecule has 7 rings (SSSR count). The lowest BCUT2D eigenvalue weighted by atomic mass is 10.0. The molecule has 0 saturated heterocycles. The Balaban J connectivity index is 1.25. The molecule has 0 saturated carbocycles. The standard InChI is InChI=1S/C40H30N4O5S2/c1-23(42-48-25(3)45)27-9-15-31(16-10-27)44-36-19-13-29(24(2)43-49-26(4)46)21-33(36)34-22-30(14-20-37(34)44)39(47)28-11-17-32(18-12-28)50-40-41-35-7-5-6-8-38(35)51-40/h5-22H,1-4H3/b42-23+,43-24+. The molecule has 0 radical (unpaired) electrons. The summed E-state index contributed by atoms with van der Waals surface area (Å²) in [4.78, 5) is 52.0. The van der Waals surface area contributed by atoms with Crippen LogP contribution < -0.4 is 0 Å². The summed E-state index contributed by atoms with van der Waals surface area (Å²) in [6, 6.07) is 35.1. The van der Waals surface area contributed by atoms with Crippen LogP contribution >= 0.6 is 23.1 Å². The average molecular weight is 711 g/mol. The van der Waals surface area contributed by atoms with Crippen molar-refractivity contribution in [1.82, 2.24) is 9.55 Å². The molecule has 0 fully saturated rings. The van der Waals surface area contributed by atoms with Crippen LogP contribution in [0.25, 0.3) is 37.7 Å². The Morgan fingerprint density at radius 1 is 0.647 bits per heavy atom. The Kier molecular flexibility index (Phi) is 9.31. The van der Waals surface area contributed by atoms with Gasteiger partial charge in [-0.1, -0.05) is 52.4 Å². The zero-order chi connectivity index (χ0) is 35.6. The van der Waals surface area contributed by atoms with Gasteiger partial charge in [0.1, 0.15) is 0 Å². The number of hydrogen-bond donors (Lipinski definition) is 0. The number of aromatic nitrogens is 2. The van der Waals surface area contributed by atoms with Crippen LogP contribution in [0.1, 0.15) is 54.7 Å². The number of carbonyl (C=O) groups is 3. The number of rotatable bonds is 9. The van der Waals surface area contributed by atoms with Crippen molar-refractivity contribution >= 4 is 84.3 Å². The van der Waals surface area contributed by atoms with Gasteiger partial charge in [-0.05, 0) is 104 Å². The maximum Gasteiger partial charge on any atom is 0.331 e. The van der Waals surface area contributed by atoms with Crippen molar-refractivity contribution in [3.05, 3.63) is 131 Å². The number of oxime groups is 2. The van der Waals surface area contributed by atoms with E-state index in [-0.39, 0.29) is 5.78 Å². The van der Waals surface area contributed by atoms with Crippen LogP contribution in [-0.4, -0.2) is 38.7 Å². The van der Waals surface area contributed by atoms with E-state index in [0.717, 1.165) is 58.1 Å². The third kappa shape index (κ3) is 7.07. The van der Waals surface area contributed by atoms with E-state index in [1.807, 2.05) is 103 Å². The van der Waals surface area contributed by atoms with Gasteiger partial charge in [-0.3, -0.25) is 4.79 Å². The minimum Gasteiger partial charge on any atom is -0.318 e. The van der Waals surface area contributed by atoms with E-state index in [2.05, 4.69) is 20.9 Å². The highest BCUT2D eigenvalue weighted by Crippen LogP contribution is 2.36. The van der Waals surface area contributed by atoms with E-state index in [0.29, 0.717) is 22.6 Å². The molecule has 0 aliphatic heterocycles. The molecule has 252 valence electrons. The molecule has 0 N–H and O–H groups in total. The van der Waals surface area contributed by atoms with Crippen molar-refractivity contribution in [2.75, 3.05) is 0 Å². The highest BCUT2D eigenvalue weighted by Gasteiger charge is 2.18. The predicted octanol–water partition coefficient (Wildman–Crippen LogP) is 9.35. The maximum atomic E-state index is 13.9. The van der Waals surface area contributed by atoms with Crippen molar-refractivity contribution < 1.29 is 24.1 Å². The van der Waals surface area contributed by atoms with E-state index in [1.165, 1.54) is 13.8 Å². The third-order valence-electron chi connectivity index (χ3n) is 8.21. The summed E-state index contributed by atoms with van der Waals surface area (Å²) in [6.45, 7) is 6.15. The van der Waals surface area contributed by atoms with Gasteiger partial charge in [-0.2, -0.15) is 0 Å². The van der Waals surface area contributed by atoms with Crippen molar-refractivity contribution in [3.63, 3.8) is 0 Å². The Morgan fingerprint density at radius 2 is 1.20 bits per heavy atom. The van der Waals surface area contributed by atoms with Gasteiger partial charge >= 0.3 is 11.9 Å². The Morgan fingerprint density at radius 3 is 1.82 bits per heavy atom. The molecule has 0 aliphatic carbocycles. The molecule has 9 nitrogen and oxygen atoms in total. The number of ketones is 1. The zero-order valence-electron chi connectivity index (χ0n) is 28.0. The second-order valence-electron chi connectivity index (χ2n) is 11.8. The van der Waals surface area contributed by atoms with Gasteiger partial charge in [0, 0.05) is 46.3 Å². The summed E-state index contributed by atoms with van der Waals surface area (Å²) in [6.07, 6.45) is 0. The minimum atomic E-state index is -0.504. The van der Waals surface area contributed by atoms with Crippen molar-refractivity contribution in [2.45, 2.75) is 36.9 Å². The molecule has 2 heterocycles. The molecular formula is C40H30N4O5S2. The maximum absolute atomic E-state index is 13.9. The molecule has 0 unspecified atom stereocenters. The van der Waals surface area contributed by atoms with Crippen LogP contribution in [0, 0.1) is 0 Å². The number of para-hydroxylation sites is 1. The van der Waals surface area contributed by atoms with E-state index < -0.39 is 11.9 Å². The first kappa shape index (κ1) is 33.6. The topological polar surface area (TPSA) is 112 Å². The summed E-state index contributed by atoms with van der Waals surface area (Å²) in [5, 5.41) is 9.66. The summed E-state index contributed by atoms with van der Waals surface area (Å²) < 4.78 is 4.21.